The normalized spacial score (nSPS) is 17.1. The summed E-state index contributed by atoms with van der Waals surface area (Å²) in [6.07, 6.45) is 1.63. The van der Waals surface area contributed by atoms with Crippen LogP contribution in [0.4, 0.5) is 5.82 Å². The van der Waals surface area contributed by atoms with Gasteiger partial charge in [0.05, 0.1) is 6.61 Å². The molecule has 0 saturated carbocycles. The number of pyridine rings is 1. The molecular formula is C14H14N2O2. The van der Waals surface area contributed by atoms with Crippen molar-refractivity contribution in [1.82, 2.24) is 4.98 Å². The highest BCUT2D eigenvalue weighted by Crippen LogP contribution is 2.37. The third-order valence-corrected chi connectivity index (χ3v) is 2.99. The zero-order valence-electron chi connectivity index (χ0n) is 10.1. The molecule has 0 radical (unpaired) electrons. The fourth-order valence-corrected chi connectivity index (χ4v) is 2.04. The minimum atomic E-state index is 0.408. The molecule has 1 atom stereocenters. The molecule has 1 aliphatic rings. The molecule has 3 rings (SSSR count). The Balaban J connectivity index is 1.88. The number of rotatable bonds is 2. The summed E-state index contributed by atoms with van der Waals surface area (Å²) in [4.78, 5) is 3.93. The SMILES string of the molecule is CC1COc2ccc(Oc3ccnc(N)c3)cc21. The van der Waals surface area contributed by atoms with E-state index in [0.29, 0.717) is 17.5 Å². The van der Waals surface area contributed by atoms with Crippen molar-refractivity contribution in [2.24, 2.45) is 0 Å². The largest absolute Gasteiger partial charge is 0.493 e. The molecule has 0 spiro atoms. The monoisotopic (exact) mass is 242 g/mol. The van der Waals surface area contributed by atoms with E-state index in [0.717, 1.165) is 18.1 Å². The van der Waals surface area contributed by atoms with Crippen molar-refractivity contribution in [3.8, 4) is 17.2 Å². The number of anilines is 1. The van der Waals surface area contributed by atoms with Crippen molar-refractivity contribution in [3.63, 3.8) is 0 Å². The molecule has 0 bridgehead atoms. The van der Waals surface area contributed by atoms with E-state index in [1.54, 1.807) is 18.3 Å². The van der Waals surface area contributed by atoms with E-state index in [4.69, 9.17) is 15.2 Å². The van der Waals surface area contributed by atoms with Gasteiger partial charge in [-0.05, 0) is 24.3 Å². The van der Waals surface area contributed by atoms with Gasteiger partial charge in [0.25, 0.3) is 0 Å². The summed E-state index contributed by atoms with van der Waals surface area (Å²) in [6.45, 7) is 2.88. The summed E-state index contributed by atoms with van der Waals surface area (Å²) in [6, 6.07) is 9.34. The molecule has 0 fully saturated rings. The molecule has 0 amide bonds. The van der Waals surface area contributed by atoms with Crippen LogP contribution in [-0.4, -0.2) is 11.6 Å². The summed E-state index contributed by atoms with van der Waals surface area (Å²) in [5.74, 6) is 3.28. The van der Waals surface area contributed by atoms with Gasteiger partial charge in [0, 0.05) is 23.7 Å². The predicted molar refractivity (Wildman–Crippen MR) is 69.1 cm³/mol. The molecule has 1 aromatic carbocycles. The van der Waals surface area contributed by atoms with E-state index in [1.807, 2.05) is 18.2 Å². The number of nitrogens with two attached hydrogens (primary N) is 1. The van der Waals surface area contributed by atoms with Gasteiger partial charge in [-0.1, -0.05) is 6.92 Å². The molecule has 2 N–H and O–H groups in total. The van der Waals surface area contributed by atoms with E-state index in [9.17, 15) is 0 Å². The van der Waals surface area contributed by atoms with Crippen LogP contribution in [0.15, 0.2) is 36.5 Å². The number of hydrogen-bond donors (Lipinski definition) is 1. The van der Waals surface area contributed by atoms with Crippen molar-refractivity contribution in [1.29, 1.82) is 0 Å². The van der Waals surface area contributed by atoms with Gasteiger partial charge in [0.15, 0.2) is 0 Å². The second-order valence-corrected chi connectivity index (χ2v) is 4.43. The standard InChI is InChI=1S/C14H14N2O2/c1-9-8-17-13-3-2-10(6-12(9)13)18-11-4-5-16-14(15)7-11/h2-7,9H,8H2,1H3,(H2,15,16). The maximum Gasteiger partial charge on any atom is 0.132 e. The summed E-state index contributed by atoms with van der Waals surface area (Å²) in [5, 5.41) is 0. The fraction of sp³-hybridized carbons (Fsp3) is 0.214. The summed E-state index contributed by atoms with van der Waals surface area (Å²) in [7, 11) is 0. The zero-order valence-corrected chi connectivity index (χ0v) is 10.1. The number of aromatic nitrogens is 1. The Morgan fingerprint density at radius 1 is 1.28 bits per heavy atom. The highest BCUT2D eigenvalue weighted by Gasteiger charge is 2.20. The first-order valence-corrected chi connectivity index (χ1v) is 5.88. The van der Waals surface area contributed by atoms with Crippen molar-refractivity contribution >= 4 is 5.82 Å². The Kier molecular flexibility index (Phi) is 2.55. The molecule has 0 aliphatic carbocycles. The van der Waals surface area contributed by atoms with Gasteiger partial charge in [0.1, 0.15) is 23.1 Å². The van der Waals surface area contributed by atoms with Crippen molar-refractivity contribution in [3.05, 3.63) is 42.1 Å². The van der Waals surface area contributed by atoms with Gasteiger partial charge in [-0.2, -0.15) is 0 Å². The van der Waals surface area contributed by atoms with Crippen LogP contribution in [0.25, 0.3) is 0 Å². The summed E-state index contributed by atoms with van der Waals surface area (Å²) >= 11 is 0. The molecule has 4 nitrogen and oxygen atoms in total. The van der Waals surface area contributed by atoms with Crippen LogP contribution < -0.4 is 15.2 Å². The first-order valence-electron chi connectivity index (χ1n) is 5.88. The number of fused-ring (bicyclic) bond motifs is 1. The molecule has 2 aromatic rings. The Hall–Kier alpha value is -2.23. The van der Waals surface area contributed by atoms with Gasteiger partial charge in [-0.15, -0.1) is 0 Å². The lowest BCUT2D eigenvalue weighted by atomic mass is 10.0. The first-order chi connectivity index (χ1) is 8.72. The van der Waals surface area contributed by atoms with Gasteiger partial charge in [-0.25, -0.2) is 4.98 Å². The maximum absolute atomic E-state index is 5.76. The number of hydrogen-bond acceptors (Lipinski definition) is 4. The number of nitrogens with zero attached hydrogens (tertiary/aromatic N) is 1. The lowest BCUT2D eigenvalue weighted by Crippen LogP contribution is -1.94. The highest BCUT2D eigenvalue weighted by atomic mass is 16.5. The average molecular weight is 242 g/mol. The van der Waals surface area contributed by atoms with Crippen molar-refractivity contribution < 1.29 is 9.47 Å². The lowest BCUT2D eigenvalue weighted by molar-refractivity contribution is 0.337. The van der Waals surface area contributed by atoms with Crippen LogP contribution in [0, 0.1) is 0 Å². The maximum atomic E-state index is 5.76. The Morgan fingerprint density at radius 2 is 2.11 bits per heavy atom. The number of nitrogen functional groups attached to an aromatic ring is 1. The van der Waals surface area contributed by atoms with Crippen LogP contribution in [0.2, 0.25) is 0 Å². The van der Waals surface area contributed by atoms with Crippen LogP contribution >= 0.6 is 0 Å². The topological polar surface area (TPSA) is 57.4 Å². The fourth-order valence-electron chi connectivity index (χ4n) is 2.04. The second kappa shape index (κ2) is 4.22. The molecule has 4 heteroatoms. The minimum Gasteiger partial charge on any atom is -0.493 e. The molecule has 2 heterocycles. The van der Waals surface area contributed by atoms with E-state index in [1.165, 1.54) is 5.56 Å². The first kappa shape index (κ1) is 10.9. The predicted octanol–water partition coefficient (Wildman–Crippen LogP) is 2.95. The van der Waals surface area contributed by atoms with Crippen LogP contribution in [-0.2, 0) is 0 Å². The van der Waals surface area contributed by atoms with Gasteiger partial charge >= 0.3 is 0 Å². The molecule has 1 unspecified atom stereocenters. The van der Waals surface area contributed by atoms with E-state index < -0.39 is 0 Å². The van der Waals surface area contributed by atoms with E-state index in [2.05, 4.69) is 11.9 Å². The minimum absolute atomic E-state index is 0.408. The van der Waals surface area contributed by atoms with Crippen LogP contribution in [0.1, 0.15) is 18.4 Å². The molecule has 1 aromatic heterocycles. The van der Waals surface area contributed by atoms with Gasteiger partial charge in [0.2, 0.25) is 0 Å². The van der Waals surface area contributed by atoms with E-state index in [-0.39, 0.29) is 0 Å². The molecule has 0 saturated heterocycles. The molecule has 92 valence electrons. The van der Waals surface area contributed by atoms with E-state index >= 15 is 0 Å². The van der Waals surface area contributed by atoms with Gasteiger partial charge in [-0.3, -0.25) is 0 Å². The van der Waals surface area contributed by atoms with Crippen molar-refractivity contribution in [2.75, 3.05) is 12.3 Å². The highest BCUT2D eigenvalue weighted by molar-refractivity contribution is 5.46. The van der Waals surface area contributed by atoms with Crippen LogP contribution in [0.5, 0.6) is 17.2 Å². The summed E-state index contributed by atoms with van der Waals surface area (Å²) < 4.78 is 11.3. The van der Waals surface area contributed by atoms with Crippen molar-refractivity contribution in [2.45, 2.75) is 12.8 Å². The number of ether oxygens (including phenoxy) is 2. The Bertz CT molecular complexity index is 584. The second-order valence-electron chi connectivity index (χ2n) is 4.43. The van der Waals surface area contributed by atoms with Crippen LogP contribution in [0.3, 0.4) is 0 Å². The summed E-state index contributed by atoms with van der Waals surface area (Å²) in [5.41, 5.74) is 6.80. The molecule has 18 heavy (non-hydrogen) atoms. The third-order valence-electron chi connectivity index (χ3n) is 2.99. The zero-order chi connectivity index (χ0) is 12.5. The third kappa shape index (κ3) is 1.97. The molecular weight excluding hydrogens is 228 g/mol. The average Bonchev–Trinajstić information content (AvgIpc) is 2.71. The molecule has 1 aliphatic heterocycles. The lowest BCUT2D eigenvalue weighted by Gasteiger charge is -2.08. The Labute approximate surface area is 105 Å². The smallest absolute Gasteiger partial charge is 0.132 e. The quantitative estimate of drug-likeness (QED) is 0.879. The Morgan fingerprint density at radius 3 is 2.94 bits per heavy atom. The van der Waals surface area contributed by atoms with Gasteiger partial charge < -0.3 is 15.2 Å². The number of benzene rings is 1.